The van der Waals surface area contributed by atoms with E-state index in [0.29, 0.717) is 11.8 Å². The Kier molecular flexibility index (Phi) is 2.31. The first-order chi connectivity index (χ1) is 6.27. The zero-order valence-corrected chi connectivity index (χ0v) is 7.73. The van der Waals surface area contributed by atoms with Crippen LogP contribution >= 0.6 is 0 Å². The van der Waals surface area contributed by atoms with E-state index in [1.54, 1.807) is 6.92 Å². The summed E-state index contributed by atoms with van der Waals surface area (Å²) in [5.41, 5.74) is 0. The molecule has 1 aliphatic rings. The smallest absolute Gasteiger partial charge is 0.255 e. The molecule has 1 aliphatic carbocycles. The molecule has 1 fully saturated rings. The molecule has 0 aromatic carbocycles. The van der Waals surface area contributed by atoms with Crippen LogP contribution in [0.25, 0.3) is 0 Å². The first kappa shape index (κ1) is 8.69. The summed E-state index contributed by atoms with van der Waals surface area (Å²) in [4.78, 5) is 4.16. The van der Waals surface area contributed by atoms with Gasteiger partial charge in [-0.1, -0.05) is 18.0 Å². The van der Waals surface area contributed by atoms with Gasteiger partial charge in [-0.25, -0.2) is 0 Å². The summed E-state index contributed by atoms with van der Waals surface area (Å²) < 4.78 is 4.93. The zero-order valence-electron chi connectivity index (χ0n) is 7.73. The summed E-state index contributed by atoms with van der Waals surface area (Å²) in [7, 11) is 0. The lowest BCUT2D eigenvalue weighted by molar-refractivity contribution is 0.151. The van der Waals surface area contributed by atoms with Gasteiger partial charge in [0.05, 0.1) is 0 Å². The number of aliphatic hydroxyl groups is 1. The van der Waals surface area contributed by atoms with E-state index in [1.165, 1.54) is 12.8 Å². The van der Waals surface area contributed by atoms with Crippen molar-refractivity contribution in [3.05, 3.63) is 11.7 Å². The summed E-state index contributed by atoms with van der Waals surface area (Å²) >= 11 is 0. The zero-order chi connectivity index (χ0) is 9.26. The van der Waals surface area contributed by atoms with Gasteiger partial charge in [0.1, 0.15) is 6.10 Å². The molecule has 0 saturated heterocycles. The van der Waals surface area contributed by atoms with Crippen LogP contribution in [-0.2, 0) is 0 Å². The minimum Gasteiger partial charge on any atom is -0.384 e. The second-order valence-corrected chi connectivity index (χ2v) is 3.65. The Morgan fingerprint density at radius 3 is 2.69 bits per heavy atom. The van der Waals surface area contributed by atoms with E-state index in [4.69, 9.17) is 4.52 Å². The van der Waals surface area contributed by atoms with Crippen molar-refractivity contribution < 1.29 is 9.63 Å². The fourth-order valence-corrected chi connectivity index (χ4v) is 1.77. The van der Waals surface area contributed by atoms with Crippen molar-refractivity contribution in [2.75, 3.05) is 0 Å². The molecule has 2 rings (SSSR count). The Morgan fingerprint density at radius 2 is 2.15 bits per heavy atom. The number of nitrogens with zero attached hydrogens (tertiary/aromatic N) is 2. The van der Waals surface area contributed by atoms with Crippen molar-refractivity contribution in [3.63, 3.8) is 0 Å². The molecule has 0 radical (unpaired) electrons. The summed E-state index contributed by atoms with van der Waals surface area (Å²) in [6.07, 6.45) is 4.16. The number of rotatable bonds is 2. The van der Waals surface area contributed by atoms with Crippen molar-refractivity contribution >= 4 is 0 Å². The Bertz CT molecular complexity index is 277. The molecule has 1 atom stereocenters. The van der Waals surface area contributed by atoms with Crippen LogP contribution in [0.5, 0.6) is 0 Å². The van der Waals surface area contributed by atoms with E-state index >= 15 is 0 Å². The summed E-state index contributed by atoms with van der Waals surface area (Å²) in [5, 5.41) is 13.1. The molecule has 1 saturated carbocycles. The van der Waals surface area contributed by atoms with Crippen LogP contribution in [0.3, 0.4) is 0 Å². The normalized spacial score (nSPS) is 20.8. The second-order valence-electron chi connectivity index (χ2n) is 3.65. The largest absolute Gasteiger partial charge is 0.384 e. The number of aromatic nitrogens is 2. The van der Waals surface area contributed by atoms with Gasteiger partial charge in [-0.3, -0.25) is 0 Å². The quantitative estimate of drug-likeness (QED) is 0.757. The fourth-order valence-electron chi connectivity index (χ4n) is 1.77. The maximum atomic E-state index is 9.18. The average molecular weight is 182 g/mol. The van der Waals surface area contributed by atoms with Gasteiger partial charge in [-0.05, 0) is 19.8 Å². The molecule has 0 unspecified atom stereocenters. The molecule has 4 heteroatoms. The minimum atomic E-state index is -0.650. The van der Waals surface area contributed by atoms with E-state index in [-0.39, 0.29) is 0 Å². The topological polar surface area (TPSA) is 59.2 Å². The van der Waals surface area contributed by atoms with Crippen LogP contribution in [0.2, 0.25) is 0 Å². The molecule has 72 valence electrons. The van der Waals surface area contributed by atoms with Gasteiger partial charge >= 0.3 is 0 Å². The van der Waals surface area contributed by atoms with E-state index < -0.39 is 6.10 Å². The highest BCUT2D eigenvalue weighted by Crippen LogP contribution is 2.32. The van der Waals surface area contributed by atoms with Crippen LogP contribution in [-0.4, -0.2) is 15.2 Å². The summed E-state index contributed by atoms with van der Waals surface area (Å²) in [6, 6.07) is 0. The molecule has 1 aromatic heterocycles. The van der Waals surface area contributed by atoms with Crippen molar-refractivity contribution in [3.8, 4) is 0 Å². The van der Waals surface area contributed by atoms with Gasteiger partial charge < -0.3 is 9.63 Å². The lowest BCUT2D eigenvalue weighted by atomic mass is 10.1. The van der Waals surface area contributed by atoms with Crippen LogP contribution in [0.4, 0.5) is 0 Å². The fraction of sp³-hybridized carbons (Fsp3) is 0.778. The minimum absolute atomic E-state index is 0.335. The maximum Gasteiger partial charge on any atom is 0.255 e. The van der Waals surface area contributed by atoms with E-state index in [9.17, 15) is 5.11 Å². The molecule has 0 aliphatic heterocycles. The summed E-state index contributed by atoms with van der Waals surface area (Å²) in [6.45, 7) is 1.63. The molecule has 1 heterocycles. The lowest BCUT2D eigenvalue weighted by Crippen LogP contribution is -1.96. The van der Waals surface area contributed by atoms with Crippen molar-refractivity contribution in [2.24, 2.45) is 0 Å². The van der Waals surface area contributed by atoms with Crippen LogP contribution in [0.1, 0.15) is 56.3 Å². The Labute approximate surface area is 77.0 Å². The highest BCUT2D eigenvalue weighted by Gasteiger charge is 2.23. The highest BCUT2D eigenvalue weighted by molar-refractivity contribution is 4.98. The van der Waals surface area contributed by atoms with Gasteiger partial charge in [0.2, 0.25) is 0 Å². The summed E-state index contributed by atoms with van der Waals surface area (Å²) in [5.74, 6) is 1.56. The molecular weight excluding hydrogens is 168 g/mol. The SMILES string of the molecule is C[C@H](O)c1nc(C2CCCC2)no1. The molecule has 0 bridgehead atoms. The molecule has 13 heavy (non-hydrogen) atoms. The maximum absolute atomic E-state index is 9.18. The van der Waals surface area contributed by atoms with Crippen LogP contribution < -0.4 is 0 Å². The molecule has 0 spiro atoms. The first-order valence-electron chi connectivity index (χ1n) is 4.79. The van der Waals surface area contributed by atoms with E-state index in [0.717, 1.165) is 18.7 Å². The van der Waals surface area contributed by atoms with Gasteiger partial charge in [0, 0.05) is 5.92 Å². The van der Waals surface area contributed by atoms with Gasteiger partial charge in [-0.2, -0.15) is 4.98 Å². The number of hydrogen-bond acceptors (Lipinski definition) is 4. The third-order valence-electron chi connectivity index (χ3n) is 2.54. The monoisotopic (exact) mass is 182 g/mol. The van der Waals surface area contributed by atoms with E-state index in [1.807, 2.05) is 0 Å². The van der Waals surface area contributed by atoms with Gasteiger partial charge in [-0.15, -0.1) is 0 Å². The average Bonchev–Trinajstić information content (AvgIpc) is 2.75. The predicted molar refractivity (Wildman–Crippen MR) is 46.1 cm³/mol. The second kappa shape index (κ2) is 3.46. The van der Waals surface area contributed by atoms with Crippen LogP contribution in [0.15, 0.2) is 4.52 Å². The lowest BCUT2D eigenvalue weighted by Gasteiger charge is -1.99. The Hall–Kier alpha value is -0.900. The molecule has 1 aromatic rings. The highest BCUT2D eigenvalue weighted by atomic mass is 16.5. The van der Waals surface area contributed by atoms with Crippen molar-refractivity contribution in [1.29, 1.82) is 0 Å². The van der Waals surface area contributed by atoms with E-state index in [2.05, 4.69) is 10.1 Å². The molecule has 0 amide bonds. The third kappa shape index (κ3) is 1.72. The predicted octanol–water partition coefficient (Wildman–Crippen LogP) is 1.78. The molecule has 1 N–H and O–H groups in total. The van der Waals surface area contributed by atoms with Gasteiger partial charge in [0.15, 0.2) is 5.82 Å². The first-order valence-corrected chi connectivity index (χ1v) is 4.79. The Morgan fingerprint density at radius 1 is 1.46 bits per heavy atom. The standard InChI is InChI=1S/C9H14N2O2/c1-6(12)9-10-8(11-13-9)7-4-2-3-5-7/h6-7,12H,2-5H2,1H3/t6-/m0/s1. The number of aliphatic hydroxyl groups excluding tert-OH is 1. The molecule has 4 nitrogen and oxygen atoms in total. The molecular formula is C9H14N2O2. The van der Waals surface area contributed by atoms with Crippen molar-refractivity contribution in [2.45, 2.75) is 44.6 Å². The third-order valence-corrected chi connectivity index (χ3v) is 2.54. The number of hydrogen-bond donors (Lipinski definition) is 1. The van der Waals surface area contributed by atoms with Gasteiger partial charge in [0.25, 0.3) is 5.89 Å². The Balaban J connectivity index is 2.12. The van der Waals surface area contributed by atoms with Crippen LogP contribution in [0, 0.1) is 0 Å². The van der Waals surface area contributed by atoms with Crippen molar-refractivity contribution in [1.82, 2.24) is 10.1 Å².